The van der Waals surface area contributed by atoms with Crippen LogP contribution in [-0.4, -0.2) is 43.3 Å². The minimum atomic E-state index is -0.140. The highest BCUT2D eigenvalue weighted by Gasteiger charge is 2.23. The molecule has 1 saturated heterocycles. The van der Waals surface area contributed by atoms with E-state index in [1.54, 1.807) is 29.2 Å². The van der Waals surface area contributed by atoms with Crippen LogP contribution in [0.15, 0.2) is 24.3 Å². The molecule has 0 saturated carbocycles. The molecule has 6 heteroatoms. The van der Waals surface area contributed by atoms with Gasteiger partial charge in [0.15, 0.2) is 0 Å². The Morgan fingerprint density at radius 1 is 1.50 bits per heavy atom. The number of carbonyl (C=O) groups is 1. The summed E-state index contributed by atoms with van der Waals surface area (Å²) in [6, 6.07) is 6.86. The highest BCUT2D eigenvalue weighted by molar-refractivity contribution is 6.30. The lowest BCUT2D eigenvalue weighted by Crippen LogP contribution is -2.49. The second-order valence-corrected chi connectivity index (χ2v) is 4.55. The Morgan fingerprint density at radius 3 is 2.89 bits per heavy atom. The molecule has 0 aliphatic carbocycles. The van der Waals surface area contributed by atoms with Crippen molar-refractivity contribution < 1.29 is 9.53 Å². The van der Waals surface area contributed by atoms with Gasteiger partial charge in [-0.05, 0) is 24.3 Å². The summed E-state index contributed by atoms with van der Waals surface area (Å²) in [5.41, 5.74) is 6.26. The molecule has 1 unspecified atom stereocenters. The summed E-state index contributed by atoms with van der Waals surface area (Å²) >= 11 is 5.78. The van der Waals surface area contributed by atoms with E-state index in [1.807, 2.05) is 0 Å². The molecule has 1 aromatic rings. The minimum absolute atomic E-state index is 0.0743. The van der Waals surface area contributed by atoms with Crippen molar-refractivity contribution >= 4 is 23.3 Å². The third-order valence-electron chi connectivity index (χ3n) is 2.78. The Kier molecular flexibility index (Phi) is 4.41. The Balaban J connectivity index is 1.93. The van der Waals surface area contributed by atoms with Crippen molar-refractivity contribution in [3.05, 3.63) is 29.3 Å². The van der Waals surface area contributed by atoms with Crippen molar-refractivity contribution in [1.29, 1.82) is 0 Å². The second-order valence-electron chi connectivity index (χ2n) is 4.11. The number of amides is 2. The van der Waals surface area contributed by atoms with Gasteiger partial charge in [-0.2, -0.15) is 0 Å². The number of rotatable bonds is 2. The highest BCUT2D eigenvalue weighted by atomic mass is 35.5. The predicted molar refractivity (Wildman–Crippen MR) is 70.8 cm³/mol. The number of morpholine rings is 1. The average Bonchev–Trinajstić information content (AvgIpc) is 2.41. The van der Waals surface area contributed by atoms with Gasteiger partial charge in [0.25, 0.3) is 0 Å². The largest absolute Gasteiger partial charge is 0.373 e. The van der Waals surface area contributed by atoms with E-state index in [4.69, 9.17) is 22.1 Å². The first-order chi connectivity index (χ1) is 8.69. The van der Waals surface area contributed by atoms with E-state index in [9.17, 15) is 4.79 Å². The molecule has 98 valence electrons. The zero-order valence-electron chi connectivity index (χ0n) is 9.93. The Morgan fingerprint density at radius 2 is 2.22 bits per heavy atom. The molecule has 2 amide bonds. The van der Waals surface area contributed by atoms with Crippen LogP contribution in [0.1, 0.15) is 0 Å². The van der Waals surface area contributed by atoms with Crippen LogP contribution in [0.4, 0.5) is 10.5 Å². The topological polar surface area (TPSA) is 67.6 Å². The van der Waals surface area contributed by atoms with Gasteiger partial charge in [0.05, 0.1) is 12.7 Å². The zero-order valence-corrected chi connectivity index (χ0v) is 10.7. The Hall–Kier alpha value is -1.30. The van der Waals surface area contributed by atoms with Crippen LogP contribution in [0.3, 0.4) is 0 Å². The van der Waals surface area contributed by atoms with Gasteiger partial charge in [-0.25, -0.2) is 4.79 Å². The maximum Gasteiger partial charge on any atom is 0.322 e. The third-order valence-corrected chi connectivity index (χ3v) is 3.04. The van der Waals surface area contributed by atoms with Crippen LogP contribution < -0.4 is 11.1 Å². The molecule has 2 rings (SSSR count). The number of nitrogens with one attached hydrogen (secondary N) is 1. The second kappa shape index (κ2) is 6.04. The number of hydrogen-bond donors (Lipinski definition) is 2. The summed E-state index contributed by atoms with van der Waals surface area (Å²) in [7, 11) is 0. The fourth-order valence-corrected chi connectivity index (χ4v) is 1.91. The molecule has 0 radical (unpaired) electrons. The summed E-state index contributed by atoms with van der Waals surface area (Å²) in [4.78, 5) is 13.7. The van der Waals surface area contributed by atoms with E-state index >= 15 is 0 Å². The molecule has 1 atom stereocenters. The van der Waals surface area contributed by atoms with Gasteiger partial charge < -0.3 is 20.7 Å². The van der Waals surface area contributed by atoms with Crippen molar-refractivity contribution in [2.75, 3.05) is 31.6 Å². The van der Waals surface area contributed by atoms with Crippen molar-refractivity contribution in [3.63, 3.8) is 0 Å². The number of hydrogen-bond acceptors (Lipinski definition) is 3. The molecule has 18 heavy (non-hydrogen) atoms. The number of carbonyl (C=O) groups excluding carboxylic acids is 1. The van der Waals surface area contributed by atoms with E-state index in [1.165, 1.54) is 0 Å². The first-order valence-electron chi connectivity index (χ1n) is 5.82. The van der Waals surface area contributed by atoms with E-state index in [-0.39, 0.29) is 12.1 Å². The highest BCUT2D eigenvalue weighted by Crippen LogP contribution is 2.14. The molecule has 0 bridgehead atoms. The van der Waals surface area contributed by atoms with Gasteiger partial charge in [-0.15, -0.1) is 0 Å². The molecule has 1 fully saturated rings. The minimum Gasteiger partial charge on any atom is -0.373 e. The van der Waals surface area contributed by atoms with Crippen LogP contribution in [0.2, 0.25) is 5.02 Å². The standard InChI is InChI=1S/C12H16ClN3O2/c13-9-1-3-10(4-2-9)15-12(17)16-5-6-18-11(7-14)8-16/h1-4,11H,5-8,14H2,(H,15,17). The molecule has 1 aliphatic rings. The van der Waals surface area contributed by atoms with Gasteiger partial charge in [0, 0.05) is 30.3 Å². The van der Waals surface area contributed by atoms with Gasteiger partial charge >= 0.3 is 6.03 Å². The fourth-order valence-electron chi connectivity index (χ4n) is 1.78. The molecular weight excluding hydrogens is 254 g/mol. The summed E-state index contributed by atoms with van der Waals surface area (Å²) in [6.07, 6.45) is -0.0743. The Bertz CT molecular complexity index is 410. The quantitative estimate of drug-likeness (QED) is 0.856. The van der Waals surface area contributed by atoms with Crippen LogP contribution in [-0.2, 0) is 4.74 Å². The third kappa shape index (κ3) is 3.35. The van der Waals surface area contributed by atoms with E-state index in [2.05, 4.69) is 5.32 Å². The molecule has 1 aliphatic heterocycles. The average molecular weight is 270 g/mol. The maximum absolute atomic E-state index is 12.0. The van der Waals surface area contributed by atoms with Crippen LogP contribution in [0.25, 0.3) is 0 Å². The summed E-state index contributed by atoms with van der Waals surface area (Å²) in [5, 5.41) is 3.46. The molecule has 1 aromatic carbocycles. The van der Waals surface area contributed by atoms with Crippen molar-refractivity contribution in [1.82, 2.24) is 4.90 Å². The number of halogens is 1. The number of anilines is 1. The Labute approximate surface area is 111 Å². The summed E-state index contributed by atoms with van der Waals surface area (Å²) in [6.45, 7) is 2.05. The normalized spacial score (nSPS) is 19.7. The summed E-state index contributed by atoms with van der Waals surface area (Å²) < 4.78 is 5.41. The van der Waals surface area contributed by atoms with Gasteiger partial charge in [-0.3, -0.25) is 0 Å². The summed E-state index contributed by atoms with van der Waals surface area (Å²) in [5.74, 6) is 0. The molecule has 5 nitrogen and oxygen atoms in total. The van der Waals surface area contributed by atoms with Gasteiger partial charge in [-0.1, -0.05) is 11.6 Å². The number of nitrogens with two attached hydrogens (primary N) is 1. The van der Waals surface area contributed by atoms with E-state index in [0.717, 1.165) is 5.69 Å². The fraction of sp³-hybridized carbons (Fsp3) is 0.417. The van der Waals surface area contributed by atoms with E-state index < -0.39 is 0 Å². The number of urea groups is 1. The van der Waals surface area contributed by atoms with Crippen LogP contribution >= 0.6 is 11.6 Å². The lowest BCUT2D eigenvalue weighted by atomic mass is 10.3. The molecular formula is C12H16ClN3O2. The SMILES string of the molecule is NCC1CN(C(=O)Nc2ccc(Cl)cc2)CCO1. The molecule has 0 spiro atoms. The maximum atomic E-state index is 12.0. The van der Waals surface area contributed by atoms with Crippen molar-refractivity contribution in [3.8, 4) is 0 Å². The lowest BCUT2D eigenvalue weighted by molar-refractivity contribution is -0.00660. The molecule has 0 aromatic heterocycles. The predicted octanol–water partition coefficient (Wildman–Crippen LogP) is 1.53. The molecule has 1 heterocycles. The van der Waals surface area contributed by atoms with E-state index in [0.29, 0.717) is 31.3 Å². The van der Waals surface area contributed by atoms with Gasteiger partial charge in [0.2, 0.25) is 0 Å². The van der Waals surface area contributed by atoms with Gasteiger partial charge in [0.1, 0.15) is 0 Å². The monoisotopic (exact) mass is 269 g/mol. The van der Waals surface area contributed by atoms with Crippen molar-refractivity contribution in [2.45, 2.75) is 6.10 Å². The van der Waals surface area contributed by atoms with Crippen LogP contribution in [0.5, 0.6) is 0 Å². The smallest absolute Gasteiger partial charge is 0.322 e. The zero-order chi connectivity index (χ0) is 13.0. The number of ether oxygens (including phenoxy) is 1. The molecule has 3 N–H and O–H groups in total. The van der Waals surface area contributed by atoms with Crippen molar-refractivity contribution in [2.24, 2.45) is 5.73 Å². The van der Waals surface area contributed by atoms with Crippen LogP contribution in [0, 0.1) is 0 Å². The lowest BCUT2D eigenvalue weighted by Gasteiger charge is -2.32. The first kappa shape index (κ1) is 13.1. The number of nitrogens with zero attached hydrogens (tertiary/aromatic N) is 1. The first-order valence-corrected chi connectivity index (χ1v) is 6.20. The number of benzene rings is 1.